The Labute approximate surface area is 191 Å². The Balaban J connectivity index is 1.52. The topological polar surface area (TPSA) is 69.7 Å². The molecule has 2 heterocycles. The number of halogens is 2. The summed E-state index contributed by atoms with van der Waals surface area (Å²) < 4.78 is 16.6. The second-order valence-electron chi connectivity index (χ2n) is 7.24. The van der Waals surface area contributed by atoms with Gasteiger partial charge in [-0.15, -0.1) is 0 Å². The zero-order valence-electron chi connectivity index (χ0n) is 16.6. The van der Waals surface area contributed by atoms with Crippen LogP contribution in [0.25, 0.3) is 33.1 Å². The fourth-order valence-electron chi connectivity index (χ4n) is 3.62. The summed E-state index contributed by atoms with van der Waals surface area (Å²) in [6, 6.07) is 18.4. The Hall–Kier alpha value is -3.54. The van der Waals surface area contributed by atoms with Gasteiger partial charge in [0, 0.05) is 20.8 Å². The van der Waals surface area contributed by atoms with Crippen LogP contribution >= 0.6 is 23.2 Å². The second-order valence-corrected chi connectivity index (χ2v) is 8.11. The summed E-state index contributed by atoms with van der Waals surface area (Å²) in [5.41, 5.74) is 2.28. The molecule has 32 heavy (non-hydrogen) atoms. The van der Waals surface area contributed by atoms with Crippen molar-refractivity contribution >= 4 is 51.1 Å². The van der Waals surface area contributed by atoms with Crippen LogP contribution in [-0.4, -0.2) is 5.97 Å². The van der Waals surface area contributed by atoms with Crippen LogP contribution < -0.4 is 10.4 Å². The molecule has 0 fully saturated rings. The number of hydrogen-bond acceptors (Lipinski definition) is 5. The fraction of sp³-hybridized carbons (Fsp3) is 0.0400. The molecule has 5 aromatic rings. The largest absolute Gasteiger partial charge is 0.449 e. The van der Waals surface area contributed by atoms with E-state index < -0.39 is 11.6 Å². The highest BCUT2D eigenvalue weighted by atomic mass is 35.5. The van der Waals surface area contributed by atoms with Crippen molar-refractivity contribution in [2.24, 2.45) is 0 Å². The normalized spacial score (nSPS) is 11.2. The molecule has 0 aliphatic heterocycles. The average molecular weight is 465 g/mol. The minimum absolute atomic E-state index is 0.0560. The van der Waals surface area contributed by atoms with Crippen LogP contribution in [0, 0.1) is 6.92 Å². The molecule has 5 nitrogen and oxygen atoms in total. The van der Waals surface area contributed by atoms with E-state index >= 15 is 0 Å². The van der Waals surface area contributed by atoms with Crippen LogP contribution in [0.4, 0.5) is 0 Å². The molecule has 0 unspecified atom stereocenters. The number of ether oxygens (including phenoxy) is 1. The summed E-state index contributed by atoms with van der Waals surface area (Å²) in [6.07, 6.45) is 0. The quantitative estimate of drug-likeness (QED) is 0.162. The van der Waals surface area contributed by atoms with Crippen molar-refractivity contribution in [3.05, 3.63) is 98.5 Å². The van der Waals surface area contributed by atoms with E-state index in [0.717, 1.165) is 0 Å². The molecule has 158 valence electrons. The maximum absolute atomic E-state index is 12.6. The van der Waals surface area contributed by atoms with Gasteiger partial charge in [0.1, 0.15) is 16.9 Å². The van der Waals surface area contributed by atoms with Gasteiger partial charge in [0.2, 0.25) is 5.76 Å². The first-order valence-corrected chi connectivity index (χ1v) is 10.4. The number of carbonyl (C=O) groups excluding carboxylic acids is 1. The maximum atomic E-state index is 12.6. The third-order valence-corrected chi connectivity index (χ3v) is 5.65. The Bertz CT molecular complexity index is 1560. The number of esters is 1. The predicted octanol–water partition coefficient (Wildman–Crippen LogP) is 7.04. The number of rotatable bonds is 3. The van der Waals surface area contributed by atoms with E-state index in [1.54, 1.807) is 66.7 Å². The first kappa shape index (κ1) is 20.4. The van der Waals surface area contributed by atoms with Gasteiger partial charge in [-0.05, 0) is 72.6 Å². The predicted molar refractivity (Wildman–Crippen MR) is 124 cm³/mol. The molecule has 0 bridgehead atoms. The van der Waals surface area contributed by atoms with Crippen LogP contribution in [0.2, 0.25) is 10.0 Å². The van der Waals surface area contributed by atoms with Crippen LogP contribution in [-0.2, 0) is 0 Å². The van der Waals surface area contributed by atoms with E-state index in [1.807, 2.05) is 6.92 Å². The molecule has 7 heteroatoms. The number of furan rings is 1. The molecular weight excluding hydrogens is 451 g/mol. The number of carbonyl (C=O) groups is 1. The standard InChI is InChI=1S/C25H14Cl2O5/c1-13-19-12-18(30-24(28)22-11-15-10-17(27)6-8-20(15)31-22)7-9-21(19)32-25(29)23(13)14-2-4-16(26)5-3-14/h2-12H,1H3. The molecule has 5 rings (SSSR count). The second kappa shape index (κ2) is 7.86. The summed E-state index contributed by atoms with van der Waals surface area (Å²) in [4.78, 5) is 25.2. The van der Waals surface area contributed by atoms with Crippen LogP contribution in [0.15, 0.2) is 80.4 Å². The van der Waals surface area contributed by atoms with Crippen LogP contribution in [0.3, 0.4) is 0 Å². The highest BCUT2D eigenvalue weighted by Gasteiger charge is 2.18. The van der Waals surface area contributed by atoms with Crippen molar-refractivity contribution in [3.8, 4) is 16.9 Å². The summed E-state index contributed by atoms with van der Waals surface area (Å²) in [6.45, 7) is 1.82. The van der Waals surface area contributed by atoms with Gasteiger partial charge in [0.15, 0.2) is 0 Å². The number of hydrogen-bond donors (Lipinski definition) is 0. The van der Waals surface area contributed by atoms with E-state index in [1.165, 1.54) is 0 Å². The molecular formula is C25H14Cl2O5. The van der Waals surface area contributed by atoms with E-state index in [4.69, 9.17) is 36.8 Å². The molecule has 0 saturated carbocycles. The number of aryl methyl sites for hydroxylation is 1. The molecule has 0 radical (unpaired) electrons. The molecule has 0 spiro atoms. The third-order valence-electron chi connectivity index (χ3n) is 5.16. The van der Waals surface area contributed by atoms with Gasteiger partial charge in [-0.25, -0.2) is 9.59 Å². The Morgan fingerprint density at radius 2 is 1.56 bits per heavy atom. The Morgan fingerprint density at radius 1 is 0.844 bits per heavy atom. The minimum Gasteiger partial charge on any atom is -0.449 e. The fourth-order valence-corrected chi connectivity index (χ4v) is 3.92. The lowest BCUT2D eigenvalue weighted by Crippen LogP contribution is -2.08. The van der Waals surface area contributed by atoms with Gasteiger partial charge in [0.25, 0.3) is 0 Å². The molecule has 0 N–H and O–H groups in total. The first-order valence-electron chi connectivity index (χ1n) is 9.64. The average Bonchev–Trinajstić information content (AvgIpc) is 3.19. The summed E-state index contributed by atoms with van der Waals surface area (Å²) in [5.74, 6) is -0.301. The lowest BCUT2D eigenvalue weighted by molar-refractivity contribution is 0.0704. The lowest BCUT2D eigenvalue weighted by Gasteiger charge is -2.09. The van der Waals surface area contributed by atoms with Gasteiger partial charge in [-0.3, -0.25) is 0 Å². The first-order chi connectivity index (χ1) is 15.4. The minimum atomic E-state index is -0.648. The van der Waals surface area contributed by atoms with Gasteiger partial charge >= 0.3 is 11.6 Å². The zero-order chi connectivity index (χ0) is 22.4. The van der Waals surface area contributed by atoms with E-state index in [9.17, 15) is 9.59 Å². The smallest absolute Gasteiger partial charge is 0.379 e. The molecule has 0 saturated heterocycles. The molecule has 0 aliphatic carbocycles. The van der Waals surface area contributed by atoms with Crippen molar-refractivity contribution in [2.75, 3.05) is 0 Å². The highest BCUT2D eigenvalue weighted by Crippen LogP contribution is 2.30. The molecule has 0 amide bonds. The monoisotopic (exact) mass is 464 g/mol. The van der Waals surface area contributed by atoms with Crippen molar-refractivity contribution in [2.45, 2.75) is 6.92 Å². The highest BCUT2D eigenvalue weighted by molar-refractivity contribution is 6.31. The van der Waals surface area contributed by atoms with Crippen molar-refractivity contribution < 1.29 is 18.4 Å². The van der Waals surface area contributed by atoms with Gasteiger partial charge < -0.3 is 13.6 Å². The van der Waals surface area contributed by atoms with Crippen molar-refractivity contribution in [1.82, 2.24) is 0 Å². The molecule has 0 aliphatic rings. The van der Waals surface area contributed by atoms with Gasteiger partial charge in [0.05, 0.1) is 5.56 Å². The van der Waals surface area contributed by atoms with E-state index in [-0.39, 0.29) is 5.76 Å². The van der Waals surface area contributed by atoms with E-state index in [2.05, 4.69) is 0 Å². The SMILES string of the molecule is Cc1c(-c2ccc(Cl)cc2)c(=O)oc2ccc(OC(=O)c3cc4cc(Cl)ccc4o3)cc12. The maximum Gasteiger partial charge on any atom is 0.379 e. The van der Waals surface area contributed by atoms with Crippen molar-refractivity contribution in [1.29, 1.82) is 0 Å². The number of benzene rings is 3. The third kappa shape index (κ3) is 3.66. The molecule has 0 atom stereocenters. The number of fused-ring (bicyclic) bond motifs is 2. The van der Waals surface area contributed by atoms with Crippen molar-refractivity contribution in [3.63, 3.8) is 0 Å². The molecule has 3 aromatic carbocycles. The van der Waals surface area contributed by atoms with Crippen LogP contribution in [0.5, 0.6) is 5.75 Å². The van der Waals surface area contributed by atoms with Gasteiger partial charge in [-0.2, -0.15) is 0 Å². The Kier molecular flexibility index (Phi) is 5.00. The van der Waals surface area contributed by atoms with Crippen LogP contribution in [0.1, 0.15) is 16.1 Å². The Morgan fingerprint density at radius 3 is 2.34 bits per heavy atom. The van der Waals surface area contributed by atoms with Gasteiger partial charge in [-0.1, -0.05) is 35.3 Å². The zero-order valence-corrected chi connectivity index (χ0v) is 18.2. The summed E-state index contributed by atoms with van der Waals surface area (Å²) >= 11 is 12.0. The summed E-state index contributed by atoms with van der Waals surface area (Å²) in [5, 5.41) is 2.46. The lowest BCUT2D eigenvalue weighted by atomic mass is 9.99. The van der Waals surface area contributed by atoms with E-state index in [0.29, 0.717) is 54.4 Å². The summed E-state index contributed by atoms with van der Waals surface area (Å²) in [7, 11) is 0. The molecule has 2 aromatic heterocycles.